The predicted molar refractivity (Wildman–Crippen MR) is 67.1 cm³/mol. The van der Waals surface area contributed by atoms with Crippen LogP contribution < -0.4 is 0 Å². The Morgan fingerprint density at radius 2 is 2.06 bits per heavy atom. The number of allylic oxidation sites excluding steroid dienone is 4. The lowest BCUT2D eigenvalue weighted by molar-refractivity contribution is -0.104. The molecule has 16 heavy (non-hydrogen) atoms. The van der Waals surface area contributed by atoms with E-state index in [-0.39, 0.29) is 0 Å². The molecule has 0 aliphatic heterocycles. The molecule has 0 aromatic carbocycles. The number of hydrogen-bond acceptors (Lipinski definition) is 1. The van der Waals surface area contributed by atoms with Crippen molar-refractivity contribution in [2.24, 2.45) is 17.8 Å². The van der Waals surface area contributed by atoms with Gasteiger partial charge in [0.1, 0.15) is 6.29 Å². The fraction of sp³-hybridized carbons (Fsp3) is 0.667. The molecule has 1 heteroatoms. The van der Waals surface area contributed by atoms with Gasteiger partial charge in [0, 0.05) is 0 Å². The van der Waals surface area contributed by atoms with E-state index >= 15 is 0 Å². The molecule has 1 nitrogen and oxygen atoms in total. The molecule has 0 spiro atoms. The van der Waals surface area contributed by atoms with Gasteiger partial charge in [-0.15, -0.1) is 0 Å². The van der Waals surface area contributed by atoms with Crippen molar-refractivity contribution in [3.63, 3.8) is 0 Å². The smallest absolute Gasteiger partial charge is 0.145 e. The van der Waals surface area contributed by atoms with Crippen LogP contribution in [-0.2, 0) is 4.79 Å². The van der Waals surface area contributed by atoms with Crippen molar-refractivity contribution in [1.82, 2.24) is 0 Å². The number of hydrogen-bond donors (Lipinski definition) is 0. The van der Waals surface area contributed by atoms with Gasteiger partial charge in [0.15, 0.2) is 0 Å². The largest absolute Gasteiger partial charge is 0.298 e. The summed E-state index contributed by atoms with van der Waals surface area (Å²) in [6.45, 7) is 6.59. The molecule has 1 saturated carbocycles. The Morgan fingerprint density at radius 1 is 1.31 bits per heavy atom. The Labute approximate surface area is 98.6 Å². The summed E-state index contributed by atoms with van der Waals surface area (Å²) in [6, 6.07) is 0. The van der Waals surface area contributed by atoms with Gasteiger partial charge in [-0.25, -0.2) is 0 Å². The molecule has 0 aromatic rings. The van der Waals surface area contributed by atoms with E-state index in [9.17, 15) is 4.79 Å². The molecule has 88 valence electrons. The first kappa shape index (κ1) is 11.6. The van der Waals surface area contributed by atoms with E-state index in [1.165, 1.54) is 25.7 Å². The Bertz CT molecular complexity index is 348. The van der Waals surface area contributed by atoms with Crippen LogP contribution in [0.1, 0.15) is 46.5 Å². The molecule has 0 N–H and O–H groups in total. The van der Waals surface area contributed by atoms with Crippen LogP contribution in [0.15, 0.2) is 22.8 Å². The van der Waals surface area contributed by atoms with Gasteiger partial charge in [-0.3, -0.25) is 4.79 Å². The SMILES string of the molecule is CC1=C2[C@H](/C=C(/C)C=O)CC[C@H](C)[C@@H]2CC1. The van der Waals surface area contributed by atoms with Gasteiger partial charge in [0.2, 0.25) is 0 Å². The summed E-state index contributed by atoms with van der Waals surface area (Å²) in [4.78, 5) is 10.7. The second-order valence-electron chi connectivity index (χ2n) is 5.57. The minimum atomic E-state index is 0.550. The Kier molecular flexibility index (Phi) is 3.32. The fourth-order valence-electron chi connectivity index (χ4n) is 3.50. The summed E-state index contributed by atoms with van der Waals surface area (Å²) >= 11 is 0. The molecule has 0 saturated heterocycles. The minimum absolute atomic E-state index is 0.550. The molecule has 0 heterocycles. The van der Waals surface area contributed by atoms with E-state index in [4.69, 9.17) is 0 Å². The molecular formula is C15H22O. The summed E-state index contributed by atoms with van der Waals surface area (Å²) in [5.74, 6) is 2.19. The minimum Gasteiger partial charge on any atom is -0.298 e. The first-order chi connectivity index (χ1) is 7.63. The van der Waals surface area contributed by atoms with Gasteiger partial charge in [-0.05, 0) is 62.9 Å². The molecule has 2 rings (SSSR count). The van der Waals surface area contributed by atoms with Crippen LogP contribution >= 0.6 is 0 Å². The van der Waals surface area contributed by atoms with E-state index < -0.39 is 0 Å². The molecule has 0 unspecified atom stereocenters. The van der Waals surface area contributed by atoms with Gasteiger partial charge in [-0.2, -0.15) is 0 Å². The maximum Gasteiger partial charge on any atom is 0.145 e. The van der Waals surface area contributed by atoms with Crippen LogP contribution in [0.2, 0.25) is 0 Å². The molecular weight excluding hydrogens is 196 g/mol. The van der Waals surface area contributed by atoms with Crippen LogP contribution in [0.4, 0.5) is 0 Å². The summed E-state index contributed by atoms with van der Waals surface area (Å²) in [7, 11) is 0. The van der Waals surface area contributed by atoms with Crippen LogP contribution in [0, 0.1) is 17.8 Å². The second kappa shape index (κ2) is 4.57. The molecule has 3 atom stereocenters. The van der Waals surface area contributed by atoms with Crippen LogP contribution in [-0.4, -0.2) is 6.29 Å². The van der Waals surface area contributed by atoms with E-state index in [0.29, 0.717) is 5.92 Å². The highest BCUT2D eigenvalue weighted by atomic mass is 16.1. The second-order valence-corrected chi connectivity index (χ2v) is 5.57. The average molecular weight is 218 g/mol. The normalized spacial score (nSPS) is 35.2. The first-order valence-electron chi connectivity index (χ1n) is 6.46. The van der Waals surface area contributed by atoms with Gasteiger partial charge < -0.3 is 0 Å². The van der Waals surface area contributed by atoms with Gasteiger partial charge in [0.25, 0.3) is 0 Å². The van der Waals surface area contributed by atoms with Gasteiger partial charge in [0.05, 0.1) is 0 Å². The molecule has 2 aliphatic rings. The number of rotatable bonds is 2. The lowest BCUT2D eigenvalue weighted by atomic mass is 9.71. The highest BCUT2D eigenvalue weighted by Crippen LogP contribution is 2.48. The van der Waals surface area contributed by atoms with E-state index in [1.54, 1.807) is 11.1 Å². The van der Waals surface area contributed by atoms with Crippen molar-refractivity contribution in [2.75, 3.05) is 0 Å². The molecule has 0 amide bonds. The van der Waals surface area contributed by atoms with Crippen molar-refractivity contribution in [3.8, 4) is 0 Å². The predicted octanol–water partition coefficient (Wildman–Crippen LogP) is 3.90. The van der Waals surface area contributed by atoms with Gasteiger partial charge in [-0.1, -0.05) is 24.1 Å². The van der Waals surface area contributed by atoms with Crippen molar-refractivity contribution in [2.45, 2.75) is 46.5 Å². The van der Waals surface area contributed by atoms with E-state index in [2.05, 4.69) is 19.9 Å². The first-order valence-corrected chi connectivity index (χ1v) is 6.46. The molecule has 0 bridgehead atoms. The number of carbonyl (C=O) groups is 1. The Hall–Kier alpha value is -0.850. The van der Waals surface area contributed by atoms with Crippen LogP contribution in [0.3, 0.4) is 0 Å². The van der Waals surface area contributed by atoms with E-state index in [0.717, 1.165) is 23.7 Å². The Morgan fingerprint density at radius 3 is 2.75 bits per heavy atom. The average Bonchev–Trinajstić information content (AvgIpc) is 2.66. The lowest BCUT2D eigenvalue weighted by Crippen LogP contribution is -2.23. The van der Waals surface area contributed by atoms with Crippen molar-refractivity contribution < 1.29 is 4.79 Å². The molecule has 0 aromatic heterocycles. The third-order valence-electron chi connectivity index (χ3n) is 4.39. The molecule has 1 fully saturated rings. The number of carbonyl (C=O) groups excluding carboxylic acids is 1. The zero-order valence-electron chi connectivity index (χ0n) is 10.6. The van der Waals surface area contributed by atoms with Crippen LogP contribution in [0.25, 0.3) is 0 Å². The van der Waals surface area contributed by atoms with Gasteiger partial charge >= 0.3 is 0 Å². The van der Waals surface area contributed by atoms with Crippen molar-refractivity contribution >= 4 is 6.29 Å². The summed E-state index contributed by atoms with van der Waals surface area (Å²) in [5, 5.41) is 0. The third kappa shape index (κ3) is 2.00. The lowest BCUT2D eigenvalue weighted by Gasteiger charge is -2.34. The highest BCUT2D eigenvalue weighted by Gasteiger charge is 2.35. The monoisotopic (exact) mass is 218 g/mol. The van der Waals surface area contributed by atoms with Crippen molar-refractivity contribution in [3.05, 3.63) is 22.8 Å². The Balaban J connectivity index is 2.27. The third-order valence-corrected chi connectivity index (χ3v) is 4.39. The number of fused-ring (bicyclic) bond motifs is 1. The molecule has 0 radical (unpaired) electrons. The fourth-order valence-corrected chi connectivity index (χ4v) is 3.50. The zero-order valence-corrected chi connectivity index (χ0v) is 10.6. The highest BCUT2D eigenvalue weighted by molar-refractivity contribution is 5.72. The van der Waals surface area contributed by atoms with Crippen molar-refractivity contribution in [1.29, 1.82) is 0 Å². The quantitative estimate of drug-likeness (QED) is 0.390. The summed E-state index contributed by atoms with van der Waals surface area (Å²) in [6.07, 6.45) is 8.33. The summed E-state index contributed by atoms with van der Waals surface area (Å²) < 4.78 is 0. The standard InChI is InChI=1S/C15H22O/c1-10(9-16)8-13-6-4-11(2)14-7-5-12(3)15(13)14/h8-9,11,13-14H,4-7H2,1-3H3/b10-8-/t11-,13-,14-/m0/s1. The van der Waals surface area contributed by atoms with E-state index in [1.807, 2.05) is 6.92 Å². The molecule has 2 aliphatic carbocycles. The zero-order chi connectivity index (χ0) is 11.7. The summed E-state index contributed by atoms with van der Waals surface area (Å²) in [5.41, 5.74) is 4.15. The van der Waals surface area contributed by atoms with Crippen LogP contribution in [0.5, 0.6) is 0 Å². The number of aldehydes is 1. The maximum absolute atomic E-state index is 10.7. The topological polar surface area (TPSA) is 17.1 Å². The maximum atomic E-state index is 10.7.